The standard InChI is InChI=1S/C20H19ClFN7O5.C20H22FN7O3/c1-32-12-2-3-15(13(21)8-12)34-19-16(29(30)31)18(25-10-26-19)28-6-4-11(5-7-28)33-20-24-9-14(22)17(23)27-20;1-29-12-2-4-13(5-3-12)30-19-16(22)18(25-11-26-19)28-8-6-14(7-9-28)31-20-24-10-15(21)17(23)27-20/h2-3,8-11H,4-7H2,1H3,(H2,23,24,27);2-5,10-11,14H,6-9,22H2,1H3,(H2,23,24,27). The van der Waals surface area contributed by atoms with Crippen molar-refractivity contribution in [2.45, 2.75) is 37.9 Å². The molecule has 0 bridgehead atoms. The van der Waals surface area contributed by atoms with Crippen molar-refractivity contribution in [1.29, 1.82) is 0 Å². The molecule has 0 unspecified atom stereocenters. The van der Waals surface area contributed by atoms with E-state index in [0.29, 0.717) is 74.9 Å². The molecule has 2 aromatic carbocycles. The second-order valence-electron chi connectivity index (χ2n) is 14.1. The zero-order valence-corrected chi connectivity index (χ0v) is 35.5. The lowest BCUT2D eigenvalue weighted by atomic mass is 10.1. The van der Waals surface area contributed by atoms with Gasteiger partial charge in [0.05, 0.1) is 36.6 Å². The van der Waals surface area contributed by atoms with E-state index in [4.69, 9.17) is 57.2 Å². The Balaban J connectivity index is 0.000000195. The monoisotopic (exact) mass is 918 g/mol. The van der Waals surface area contributed by atoms with Crippen LogP contribution in [0.3, 0.4) is 0 Å². The third kappa shape index (κ3) is 11.2. The first-order valence-corrected chi connectivity index (χ1v) is 20.1. The maximum Gasteiger partial charge on any atom is 0.373 e. The molecule has 6 N–H and O–H groups in total. The van der Waals surface area contributed by atoms with Crippen LogP contribution < -0.4 is 55.4 Å². The highest BCUT2D eigenvalue weighted by molar-refractivity contribution is 6.32. The first-order valence-electron chi connectivity index (χ1n) is 19.7. The lowest BCUT2D eigenvalue weighted by molar-refractivity contribution is -0.385. The zero-order chi connectivity index (χ0) is 46.0. The number of piperidine rings is 2. The number of nitrogen functional groups attached to an aromatic ring is 3. The molecular weight excluding hydrogens is 878 g/mol. The van der Waals surface area contributed by atoms with Crippen molar-refractivity contribution in [2.75, 3.05) is 67.4 Å². The number of ether oxygens (including phenoxy) is 6. The molecule has 2 aliphatic rings. The highest BCUT2D eigenvalue weighted by atomic mass is 35.5. The van der Waals surface area contributed by atoms with Crippen LogP contribution in [0.15, 0.2) is 67.5 Å². The van der Waals surface area contributed by atoms with E-state index in [1.165, 1.54) is 31.9 Å². The van der Waals surface area contributed by atoms with Gasteiger partial charge in [-0.05, 0) is 36.4 Å². The van der Waals surface area contributed by atoms with Crippen LogP contribution in [0.4, 0.5) is 43.4 Å². The van der Waals surface area contributed by atoms with E-state index in [0.717, 1.165) is 18.1 Å². The molecule has 4 aromatic heterocycles. The smallest absolute Gasteiger partial charge is 0.373 e. The minimum absolute atomic E-state index is 0.0302. The van der Waals surface area contributed by atoms with E-state index in [1.807, 2.05) is 4.90 Å². The average Bonchev–Trinajstić information content (AvgIpc) is 3.31. The zero-order valence-electron chi connectivity index (χ0n) is 34.7. The van der Waals surface area contributed by atoms with Crippen LogP contribution in [0.5, 0.6) is 46.8 Å². The summed E-state index contributed by atoms with van der Waals surface area (Å²) >= 11 is 6.20. The maximum atomic E-state index is 13.2. The van der Waals surface area contributed by atoms with Gasteiger partial charge in [-0.2, -0.15) is 19.9 Å². The van der Waals surface area contributed by atoms with Gasteiger partial charge in [0.25, 0.3) is 0 Å². The molecule has 25 heteroatoms. The minimum atomic E-state index is -0.729. The predicted octanol–water partition coefficient (Wildman–Crippen LogP) is 5.82. The van der Waals surface area contributed by atoms with Gasteiger partial charge in [0.1, 0.15) is 53.5 Å². The molecule has 0 spiro atoms. The number of nitrogens with zero attached hydrogens (tertiary/aromatic N) is 11. The fraction of sp³-hybridized carbons (Fsp3) is 0.300. The number of halogens is 3. The summed E-state index contributed by atoms with van der Waals surface area (Å²) in [6, 6.07) is 11.8. The number of hydrogen-bond acceptors (Lipinski definition) is 21. The number of anilines is 5. The molecule has 8 rings (SSSR count). The van der Waals surface area contributed by atoms with Gasteiger partial charge in [-0.3, -0.25) is 10.1 Å². The van der Waals surface area contributed by atoms with Gasteiger partial charge in [-0.25, -0.2) is 28.7 Å². The molecule has 0 amide bonds. The lowest BCUT2D eigenvalue weighted by Crippen LogP contribution is -2.39. The molecule has 6 heterocycles. The Morgan fingerprint density at radius 1 is 0.677 bits per heavy atom. The minimum Gasteiger partial charge on any atom is -0.497 e. The molecule has 0 saturated carbocycles. The Bertz CT molecular complexity index is 2610. The van der Waals surface area contributed by atoms with Crippen LogP contribution >= 0.6 is 11.6 Å². The van der Waals surface area contributed by atoms with E-state index >= 15 is 0 Å². The number of benzene rings is 2. The van der Waals surface area contributed by atoms with Crippen molar-refractivity contribution in [3.63, 3.8) is 0 Å². The molecule has 2 fully saturated rings. The maximum absolute atomic E-state index is 13.2. The van der Waals surface area contributed by atoms with Crippen LogP contribution in [-0.2, 0) is 0 Å². The van der Waals surface area contributed by atoms with E-state index in [2.05, 4.69) is 39.9 Å². The Morgan fingerprint density at radius 3 is 1.68 bits per heavy atom. The van der Waals surface area contributed by atoms with Crippen LogP contribution in [0.2, 0.25) is 5.02 Å². The van der Waals surface area contributed by atoms with Gasteiger partial charge in [0, 0.05) is 57.9 Å². The molecule has 0 aliphatic carbocycles. The summed E-state index contributed by atoms with van der Waals surface area (Å²) in [7, 11) is 3.09. The highest BCUT2D eigenvalue weighted by Crippen LogP contribution is 2.40. The van der Waals surface area contributed by atoms with E-state index in [-0.39, 0.29) is 69.9 Å². The summed E-state index contributed by atoms with van der Waals surface area (Å²) in [5, 5.41) is 12.1. The van der Waals surface area contributed by atoms with Gasteiger partial charge in [0.2, 0.25) is 11.7 Å². The van der Waals surface area contributed by atoms with Crippen molar-refractivity contribution in [2.24, 2.45) is 0 Å². The second kappa shape index (κ2) is 20.5. The fourth-order valence-corrected chi connectivity index (χ4v) is 6.79. The van der Waals surface area contributed by atoms with Gasteiger partial charge in [0.15, 0.2) is 29.1 Å². The van der Waals surface area contributed by atoms with Gasteiger partial charge >= 0.3 is 23.6 Å². The van der Waals surface area contributed by atoms with Crippen LogP contribution in [0.1, 0.15) is 25.7 Å². The van der Waals surface area contributed by atoms with Crippen LogP contribution in [-0.4, -0.2) is 97.4 Å². The molecule has 2 aliphatic heterocycles. The SMILES string of the molecule is COc1ccc(Oc2ncnc(N3CCC(Oc4ncc(F)c(N)n4)CC3)c2N)cc1.COc1ccc(Oc2ncnc(N3CCC(Oc4ncc(F)c(N)n4)CC3)c2[N+](=O)[O-])c(Cl)c1. The molecule has 0 atom stereocenters. The Hall–Kier alpha value is -7.89. The van der Waals surface area contributed by atoms with Crippen molar-refractivity contribution in [3.8, 4) is 46.8 Å². The number of hydrogen-bond donors (Lipinski definition) is 3. The van der Waals surface area contributed by atoms with Gasteiger partial charge in [-0.1, -0.05) is 11.6 Å². The number of aromatic nitrogens is 8. The van der Waals surface area contributed by atoms with Crippen molar-refractivity contribution in [1.82, 2.24) is 39.9 Å². The Kier molecular flexibility index (Phi) is 14.3. The molecule has 2 saturated heterocycles. The Morgan fingerprint density at radius 2 is 1.17 bits per heavy atom. The summed E-state index contributed by atoms with van der Waals surface area (Å²) < 4.78 is 59.6. The van der Waals surface area contributed by atoms with Crippen molar-refractivity contribution in [3.05, 3.63) is 94.3 Å². The van der Waals surface area contributed by atoms with E-state index < -0.39 is 16.6 Å². The second-order valence-corrected chi connectivity index (χ2v) is 14.5. The molecule has 22 nitrogen and oxygen atoms in total. The molecule has 340 valence electrons. The largest absolute Gasteiger partial charge is 0.497 e. The van der Waals surface area contributed by atoms with Crippen molar-refractivity contribution >= 4 is 46.2 Å². The predicted molar refractivity (Wildman–Crippen MR) is 231 cm³/mol. The van der Waals surface area contributed by atoms with Crippen LogP contribution in [0.25, 0.3) is 0 Å². The summed E-state index contributed by atoms with van der Waals surface area (Å²) in [6.45, 7) is 2.07. The first-order chi connectivity index (χ1) is 31.4. The van der Waals surface area contributed by atoms with Crippen LogP contribution in [0, 0.1) is 21.7 Å². The van der Waals surface area contributed by atoms with E-state index in [1.54, 1.807) is 42.3 Å². The third-order valence-corrected chi connectivity index (χ3v) is 10.2. The quantitative estimate of drug-likeness (QED) is 0.0908. The summed E-state index contributed by atoms with van der Waals surface area (Å²) in [5.74, 6) is 0.810. The Labute approximate surface area is 373 Å². The molecule has 6 aromatic rings. The first kappa shape index (κ1) is 45.1. The lowest BCUT2D eigenvalue weighted by Gasteiger charge is -2.33. The third-order valence-electron chi connectivity index (χ3n) is 9.92. The fourth-order valence-electron chi connectivity index (χ4n) is 6.58. The molecular formula is C40H41ClF2N14O8. The average molecular weight is 919 g/mol. The molecule has 65 heavy (non-hydrogen) atoms. The van der Waals surface area contributed by atoms with Gasteiger partial charge < -0.3 is 55.4 Å². The number of nitrogens with two attached hydrogens (primary N) is 3. The number of nitro groups is 1. The summed E-state index contributed by atoms with van der Waals surface area (Å²) in [5.41, 5.74) is 17.2. The molecule has 0 radical (unpaired) electrons. The van der Waals surface area contributed by atoms with Crippen molar-refractivity contribution < 1.29 is 42.1 Å². The van der Waals surface area contributed by atoms with E-state index in [9.17, 15) is 18.9 Å². The van der Waals surface area contributed by atoms with Gasteiger partial charge in [-0.15, -0.1) is 0 Å². The summed E-state index contributed by atoms with van der Waals surface area (Å²) in [4.78, 5) is 46.8. The number of methoxy groups -OCH3 is 2. The highest BCUT2D eigenvalue weighted by Gasteiger charge is 2.32. The normalized spacial score (nSPS) is 14.2. The number of rotatable bonds is 13. The topological polar surface area (TPSA) is 286 Å². The summed E-state index contributed by atoms with van der Waals surface area (Å²) in [6.07, 6.45) is 6.47.